The Hall–Kier alpha value is -1.68. The predicted octanol–water partition coefficient (Wildman–Crippen LogP) is 1.11. The van der Waals surface area contributed by atoms with E-state index in [1.54, 1.807) is 11.0 Å². The normalized spacial score (nSPS) is 14.9. The molecule has 0 radical (unpaired) electrons. The summed E-state index contributed by atoms with van der Waals surface area (Å²) >= 11 is 0. The number of hydrogen-bond donors (Lipinski definition) is 1. The van der Waals surface area contributed by atoms with Gasteiger partial charge in [-0.25, -0.2) is 4.98 Å². The minimum absolute atomic E-state index is 0.575. The fraction of sp³-hybridized carbons (Fsp3) is 0.429. The third kappa shape index (κ3) is 2.43. The molecular weight excluding hydrogens is 224 g/mol. The lowest BCUT2D eigenvalue weighted by molar-refractivity contribution is 0.531. The topological polar surface area (TPSA) is 42.7 Å². The van der Waals surface area contributed by atoms with Crippen molar-refractivity contribution in [1.29, 1.82) is 0 Å². The first-order chi connectivity index (χ1) is 8.81. The van der Waals surface area contributed by atoms with E-state index in [1.807, 2.05) is 7.05 Å². The first kappa shape index (κ1) is 11.4. The SMILES string of the molecule is Cn1cnc(CCNC2Cc3ccccc3C2)n1. The lowest BCUT2D eigenvalue weighted by atomic mass is 10.1. The second-order valence-corrected chi connectivity index (χ2v) is 4.91. The Kier molecular flexibility index (Phi) is 3.11. The van der Waals surface area contributed by atoms with Crippen LogP contribution in [-0.2, 0) is 26.3 Å². The third-order valence-electron chi connectivity index (χ3n) is 3.48. The number of aryl methyl sites for hydroxylation is 1. The van der Waals surface area contributed by atoms with Gasteiger partial charge in [-0.1, -0.05) is 24.3 Å². The second kappa shape index (κ2) is 4.90. The third-order valence-corrected chi connectivity index (χ3v) is 3.48. The van der Waals surface area contributed by atoms with E-state index in [-0.39, 0.29) is 0 Å². The minimum atomic E-state index is 0.575. The highest BCUT2D eigenvalue weighted by Gasteiger charge is 2.19. The van der Waals surface area contributed by atoms with Gasteiger partial charge in [0.15, 0.2) is 5.82 Å². The minimum Gasteiger partial charge on any atom is -0.313 e. The molecule has 0 bridgehead atoms. The van der Waals surface area contributed by atoms with Crippen molar-refractivity contribution in [2.45, 2.75) is 25.3 Å². The molecule has 2 aromatic rings. The summed E-state index contributed by atoms with van der Waals surface area (Å²) in [4.78, 5) is 4.23. The molecule has 1 aromatic carbocycles. The van der Waals surface area contributed by atoms with Gasteiger partial charge >= 0.3 is 0 Å². The molecule has 4 heteroatoms. The van der Waals surface area contributed by atoms with Crippen molar-refractivity contribution in [1.82, 2.24) is 20.1 Å². The molecule has 94 valence electrons. The number of nitrogens with zero attached hydrogens (tertiary/aromatic N) is 3. The van der Waals surface area contributed by atoms with Crippen molar-refractivity contribution in [2.24, 2.45) is 7.05 Å². The van der Waals surface area contributed by atoms with E-state index < -0.39 is 0 Å². The van der Waals surface area contributed by atoms with Crippen LogP contribution >= 0.6 is 0 Å². The van der Waals surface area contributed by atoms with E-state index >= 15 is 0 Å². The van der Waals surface area contributed by atoms with E-state index in [9.17, 15) is 0 Å². The molecule has 3 rings (SSSR count). The zero-order chi connectivity index (χ0) is 12.4. The maximum absolute atomic E-state index is 4.28. The summed E-state index contributed by atoms with van der Waals surface area (Å²) in [6.07, 6.45) is 4.94. The van der Waals surface area contributed by atoms with Crippen LogP contribution in [0.2, 0.25) is 0 Å². The van der Waals surface area contributed by atoms with Crippen LogP contribution in [0.4, 0.5) is 0 Å². The molecule has 4 nitrogen and oxygen atoms in total. The molecule has 1 N–H and O–H groups in total. The molecule has 0 spiro atoms. The highest BCUT2D eigenvalue weighted by Crippen LogP contribution is 2.21. The largest absolute Gasteiger partial charge is 0.313 e. The molecule has 1 aliphatic rings. The number of nitrogens with one attached hydrogen (secondary N) is 1. The van der Waals surface area contributed by atoms with Crippen molar-refractivity contribution < 1.29 is 0 Å². The van der Waals surface area contributed by atoms with Gasteiger partial charge in [-0.3, -0.25) is 4.68 Å². The van der Waals surface area contributed by atoms with Crippen LogP contribution in [0.1, 0.15) is 17.0 Å². The zero-order valence-electron chi connectivity index (χ0n) is 10.6. The van der Waals surface area contributed by atoms with Gasteiger partial charge in [-0.2, -0.15) is 5.10 Å². The molecule has 0 saturated carbocycles. The maximum atomic E-state index is 4.28. The van der Waals surface area contributed by atoms with Crippen LogP contribution in [-0.4, -0.2) is 27.4 Å². The smallest absolute Gasteiger partial charge is 0.151 e. The average Bonchev–Trinajstić information content (AvgIpc) is 2.95. The Morgan fingerprint density at radius 2 is 2.00 bits per heavy atom. The summed E-state index contributed by atoms with van der Waals surface area (Å²) in [5, 5.41) is 7.88. The Labute approximate surface area is 107 Å². The summed E-state index contributed by atoms with van der Waals surface area (Å²) in [5.41, 5.74) is 2.98. The summed E-state index contributed by atoms with van der Waals surface area (Å²) in [5.74, 6) is 0.917. The molecule has 0 amide bonds. The number of rotatable bonds is 4. The Bertz CT molecular complexity index is 507. The van der Waals surface area contributed by atoms with E-state index in [1.165, 1.54) is 11.1 Å². The highest BCUT2D eigenvalue weighted by atomic mass is 15.3. The van der Waals surface area contributed by atoms with Gasteiger partial charge in [0, 0.05) is 26.1 Å². The van der Waals surface area contributed by atoms with Gasteiger partial charge in [0.1, 0.15) is 6.33 Å². The summed E-state index contributed by atoms with van der Waals surface area (Å²) < 4.78 is 1.75. The van der Waals surface area contributed by atoms with Gasteiger partial charge < -0.3 is 5.32 Å². The molecule has 1 aliphatic carbocycles. The quantitative estimate of drug-likeness (QED) is 0.873. The number of hydrogen-bond acceptors (Lipinski definition) is 3. The van der Waals surface area contributed by atoms with Crippen LogP contribution in [0, 0.1) is 0 Å². The molecule has 0 unspecified atom stereocenters. The fourth-order valence-electron chi connectivity index (χ4n) is 2.59. The van der Waals surface area contributed by atoms with Crippen molar-refractivity contribution in [2.75, 3.05) is 6.54 Å². The predicted molar refractivity (Wildman–Crippen MR) is 70.3 cm³/mol. The highest BCUT2D eigenvalue weighted by molar-refractivity contribution is 5.33. The van der Waals surface area contributed by atoms with Gasteiger partial charge in [0.2, 0.25) is 0 Å². The summed E-state index contributed by atoms with van der Waals surface area (Å²) in [6, 6.07) is 9.29. The number of benzene rings is 1. The van der Waals surface area contributed by atoms with Crippen LogP contribution in [0.25, 0.3) is 0 Å². The Balaban J connectivity index is 1.48. The van der Waals surface area contributed by atoms with E-state index in [2.05, 4.69) is 39.7 Å². The Morgan fingerprint density at radius 1 is 1.28 bits per heavy atom. The van der Waals surface area contributed by atoms with Crippen molar-refractivity contribution in [3.05, 3.63) is 47.5 Å². The van der Waals surface area contributed by atoms with E-state index in [4.69, 9.17) is 0 Å². The van der Waals surface area contributed by atoms with Crippen molar-refractivity contribution in [3.63, 3.8) is 0 Å². The average molecular weight is 242 g/mol. The lowest BCUT2D eigenvalue weighted by Crippen LogP contribution is -2.31. The van der Waals surface area contributed by atoms with E-state index in [0.29, 0.717) is 6.04 Å². The van der Waals surface area contributed by atoms with Gasteiger partial charge in [0.25, 0.3) is 0 Å². The number of aromatic nitrogens is 3. The molecule has 0 aliphatic heterocycles. The molecule has 18 heavy (non-hydrogen) atoms. The zero-order valence-corrected chi connectivity index (χ0v) is 10.6. The second-order valence-electron chi connectivity index (χ2n) is 4.91. The molecule has 0 saturated heterocycles. The number of fused-ring (bicyclic) bond motifs is 1. The lowest BCUT2D eigenvalue weighted by Gasteiger charge is -2.10. The van der Waals surface area contributed by atoms with Crippen molar-refractivity contribution >= 4 is 0 Å². The maximum Gasteiger partial charge on any atom is 0.151 e. The monoisotopic (exact) mass is 242 g/mol. The summed E-state index contributed by atoms with van der Waals surface area (Å²) in [7, 11) is 1.90. The van der Waals surface area contributed by atoms with Crippen LogP contribution in [0.3, 0.4) is 0 Å². The molecule has 1 aromatic heterocycles. The Morgan fingerprint density at radius 3 is 2.61 bits per heavy atom. The first-order valence-electron chi connectivity index (χ1n) is 6.46. The molecule has 0 atom stereocenters. The fourth-order valence-corrected chi connectivity index (χ4v) is 2.59. The standard InChI is InChI=1S/C14H18N4/c1-18-10-16-14(17-18)6-7-15-13-8-11-4-2-3-5-12(11)9-13/h2-5,10,13,15H,6-9H2,1H3. The van der Waals surface area contributed by atoms with Gasteiger partial charge in [-0.05, 0) is 24.0 Å². The molecule has 0 fully saturated rings. The van der Waals surface area contributed by atoms with Crippen LogP contribution in [0.15, 0.2) is 30.6 Å². The van der Waals surface area contributed by atoms with Crippen LogP contribution in [0.5, 0.6) is 0 Å². The summed E-state index contributed by atoms with van der Waals surface area (Å²) in [6.45, 7) is 0.947. The van der Waals surface area contributed by atoms with Gasteiger partial charge in [0.05, 0.1) is 0 Å². The van der Waals surface area contributed by atoms with Gasteiger partial charge in [-0.15, -0.1) is 0 Å². The molecular formula is C14H18N4. The first-order valence-corrected chi connectivity index (χ1v) is 6.46. The molecule has 1 heterocycles. The van der Waals surface area contributed by atoms with E-state index in [0.717, 1.165) is 31.6 Å². The van der Waals surface area contributed by atoms with Crippen LogP contribution < -0.4 is 5.32 Å². The van der Waals surface area contributed by atoms with Crippen molar-refractivity contribution in [3.8, 4) is 0 Å².